The van der Waals surface area contributed by atoms with Gasteiger partial charge in [-0.2, -0.15) is 0 Å². The number of phenols is 1. The summed E-state index contributed by atoms with van der Waals surface area (Å²) in [5.74, 6) is 2.13. The fourth-order valence-electron chi connectivity index (χ4n) is 4.96. The van der Waals surface area contributed by atoms with E-state index in [4.69, 9.17) is 14.2 Å². The number of ether oxygens (including phenoxy) is 3. The zero-order valence-electron chi connectivity index (χ0n) is 20.9. The van der Waals surface area contributed by atoms with Gasteiger partial charge in [0.2, 0.25) is 0 Å². The maximum Gasteiger partial charge on any atom is 0.161 e. The number of benzene rings is 3. The zero-order chi connectivity index (χ0) is 24.2. The number of aryl methyl sites for hydroxylation is 2. The van der Waals surface area contributed by atoms with Crippen molar-refractivity contribution < 1.29 is 19.3 Å². The summed E-state index contributed by atoms with van der Waals surface area (Å²) in [6, 6.07) is 16.7. The van der Waals surface area contributed by atoms with Crippen molar-refractivity contribution in [3.8, 4) is 23.0 Å². The third kappa shape index (κ3) is 4.85. The van der Waals surface area contributed by atoms with Crippen LogP contribution in [0.3, 0.4) is 0 Å². The molecule has 0 saturated carbocycles. The minimum atomic E-state index is 0.141. The molecule has 0 spiro atoms. The third-order valence-electron chi connectivity index (χ3n) is 6.77. The second-order valence-corrected chi connectivity index (χ2v) is 8.95. The summed E-state index contributed by atoms with van der Waals surface area (Å²) >= 11 is 0. The molecule has 1 unspecified atom stereocenters. The highest BCUT2D eigenvalue weighted by Crippen LogP contribution is 2.42. The number of rotatable bonds is 8. The first-order valence-corrected chi connectivity index (χ1v) is 12.0. The van der Waals surface area contributed by atoms with Crippen LogP contribution >= 0.6 is 0 Å². The molecular weight excluding hydrogens is 426 g/mol. The van der Waals surface area contributed by atoms with Crippen LogP contribution in [0, 0.1) is 13.8 Å². The molecule has 0 fully saturated rings. The highest BCUT2D eigenvalue weighted by atomic mass is 16.5. The number of nitrogens with zero attached hydrogens (tertiary/aromatic N) is 1. The van der Waals surface area contributed by atoms with E-state index in [1.807, 2.05) is 6.07 Å². The lowest BCUT2D eigenvalue weighted by atomic mass is 9.85. The van der Waals surface area contributed by atoms with Crippen molar-refractivity contribution in [3.05, 3.63) is 81.9 Å². The van der Waals surface area contributed by atoms with E-state index in [0.717, 1.165) is 36.6 Å². The minimum Gasteiger partial charge on any atom is -0.504 e. The van der Waals surface area contributed by atoms with Crippen molar-refractivity contribution in [2.75, 3.05) is 33.9 Å². The fraction of sp³-hybridized carbons (Fsp3) is 0.379. The predicted octanol–water partition coefficient (Wildman–Crippen LogP) is 5.62. The first-order valence-electron chi connectivity index (χ1n) is 12.0. The van der Waals surface area contributed by atoms with Crippen LogP contribution in [0.1, 0.15) is 46.3 Å². The lowest BCUT2D eigenvalue weighted by Gasteiger charge is -2.38. The lowest BCUT2D eigenvalue weighted by Crippen LogP contribution is -2.36. The quantitative estimate of drug-likeness (QED) is 0.472. The number of fused-ring (bicyclic) bond motifs is 1. The van der Waals surface area contributed by atoms with E-state index in [-0.39, 0.29) is 11.8 Å². The van der Waals surface area contributed by atoms with Crippen molar-refractivity contribution in [3.63, 3.8) is 0 Å². The molecule has 5 heteroatoms. The van der Waals surface area contributed by atoms with Crippen LogP contribution in [0.25, 0.3) is 0 Å². The molecule has 0 bridgehead atoms. The first-order chi connectivity index (χ1) is 16.4. The van der Waals surface area contributed by atoms with Crippen LogP contribution in [0.2, 0.25) is 0 Å². The molecule has 1 aliphatic rings. The van der Waals surface area contributed by atoms with Gasteiger partial charge in [0.15, 0.2) is 23.0 Å². The van der Waals surface area contributed by atoms with Gasteiger partial charge in [-0.3, -0.25) is 4.90 Å². The van der Waals surface area contributed by atoms with E-state index >= 15 is 0 Å². The largest absolute Gasteiger partial charge is 0.504 e. The Morgan fingerprint density at radius 3 is 2.38 bits per heavy atom. The summed E-state index contributed by atoms with van der Waals surface area (Å²) in [4.78, 5) is 2.54. The van der Waals surface area contributed by atoms with Crippen molar-refractivity contribution in [1.29, 1.82) is 0 Å². The van der Waals surface area contributed by atoms with Crippen LogP contribution in [0.4, 0.5) is 0 Å². The van der Waals surface area contributed by atoms with Crippen molar-refractivity contribution in [2.24, 2.45) is 0 Å². The van der Waals surface area contributed by atoms with E-state index in [2.05, 4.69) is 56.0 Å². The van der Waals surface area contributed by atoms with E-state index in [1.165, 1.54) is 27.8 Å². The lowest BCUT2D eigenvalue weighted by molar-refractivity contribution is 0.222. The van der Waals surface area contributed by atoms with Gasteiger partial charge in [0.05, 0.1) is 26.9 Å². The molecule has 0 saturated heterocycles. The topological polar surface area (TPSA) is 51.2 Å². The predicted molar refractivity (Wildman–Crippen MR) is 136 cm³/mol. The van der Waals surface area contributed by atoms with Gasteiger partial charge in [-0.1, -0.05) is 36.8 Å². The SMILES string of the molecule is CCN1CCc2cc(OC)c(OCCc3ccc(OC)c(O)c3)cc2C1c1ccc(C)cc1C. The van der Waals surface area contributed by atoms with Gasteiger partial charge in [0, 0.05) is 13.0 Å². The van der Waals surface area contributed by atoms with E-state index in [0.29, 0.717) is 18.8 Å². The zero-order valence-corrected chi connectivity index (χ0v) is 20.9. The Morgan fingerprint density at radius 1 is 0.912 bits per heavy atom. The molecule has 3 aromatic rings. The van der Waals surface area contributed by atoms with Crippen molar-refractivity contribution in [1.82, 2.24) is 4.90 Å². The minimum absolute atomic E-state index is 0.141. The molecule has 5 nitrogen and oxygen atoms in total. The van der Waals surface area contributed by atoms with Crippen molar-refractivity contribution >= 4 is 0 Å². The van der Waals surface area contributed by atoms with Crippen LogP contribution in [-0.4, -0.2) is 43.9 Å². The Kier molecular flexibility index (Phi) is 7.32. The number of hydrogen-bond acceptors (Lipinski definition) is 5. The molecule has 1 atom stereocenters. The number of phenolic OH excluding ortho intramolecular Hbond substituents is 1. The van der Waals surface area contributed by atoms with Gasteiger partial charge in [0.25, 0.3) is 0 Å². The smallest absolute Gasteiger partial charge is 0.161 e. The Morgan fingerprint density at radius 2 is 1.71 bits per heavy atom. The van der Waals surface area contributed by atoms with Gasteiger partial charge in [-0.05, 0) is 78.9 Å². The standard InChI is InChI=1S/C29H35NO4/c1-6-30-13-11-22-17-27(33-5)28(34-14-12-21-8-10-26(32-4)25(31)16-21)18-24(22)29(30)23-9-7-19(2)15-20(23)3/h7-10,15-18,29,31H,6,11-14H2,1-5H3. The Balaban J connectivity index is 1.63. The molecule has 1 aliphatic heterocycles. The molecule has 1 heterocycles. The molecule has 3 aromatic carbocycles. The summed E-state index contributed by atoms with van der Waals surface area (Å²) in [5.41, 5.74) is 7.54. The highest BCUT2D eigenvalue weighted by Gasteiger charge is 2.30. The summed E-state index contributed by atoms with van der Waals surface area (Å²) in [6.45, 7) is 9.06. The summed E-state index contributed by atoms with van der Waals surface area (Å²) in [6.07, 6.45) is 1.66. The molecule has 4 rings (SSSR count). The van der Waals surface area contributed by atoms with E-state index in [1.54, 1.807) is 26.4 Å². The fourth-order valence-corrected chi connectivity index (χ4v) is 4.96. The molecule has 0 aromatic heterocycles. The van der Waals surface area contributed by atoms with Gasteiger partial charge in [-0.15, -0.1) is 0 Å². The third-order valence-corrected chi connectivity index (χ3v) is 6.77. The molecule has 180 valence electrons. The van der Waals surface area contributed by atoms with Crippen LogP contribution in [0.5, 0.6) is 23.0 Å². The van der Waals surface area contributed by atoms with E-state index in [9.17, 15) is 5.11 Å². The monoisotopic (exact) mass is 461 g/mol. The van der Waals surface area contributed by atoms with Gasteiger partial charge in [-0.25, -0.2) is 0 Å². The molecule has 0 aliphatic carbocycles. The van der Waals surface area contributed by atoms with Crippen LogP contribution < -0.4 is 14.2 Å². The Bertz CT molecular complexity index is 1160. The summed E-state index contributed by atoms with van der Waals surface area (Å²) in [5, 5.41) is 10.1. The highest BCUT2D eigenvalue weighted by molar-refractivity contribution is 5.53. The number of likely N-dealkylation sites (N-methyl/N-ethyl adjacent to an activating group) is 1. The molecule has 1 N–H and O–H groups in total. The van der Waals surface area contributed by atoms with Crippen LogP contribution in [0.15, 0.2) is 48.5 Å². The second-order valence-electron chi connectivity index (χ2n) is 8.95. The van der Waals surface area contributed by atoms with Gasteiger partial charge in [0.1, 0.15) is 0 Å². The average Bonchev–Trinajstić information content (AvgIpc) is 2.83. The second kappa shape index (κ2) is 10.4. The maximum atomic E-state index is 10.1. The molecule has 0 amide bonds. The van der Waals surface area contributed by atoms with Gasteiger partial charge >= 0.3 is 0 Å². The normalized spacial score (nSPS) is 15.6. The van der Waals surface area contributed by atoms with Crippen LogP contribution in [-0.2, 0) is 12.8 Å². The Labute approximate surface area is 202 Å². The average molecular weight is 462 g/mol. The first kappa shape index (κ1) is 24.0. The maximum absolute atomic E-state index is 10.1. The Hall–Kier alpha value is -3.18. The molecular formula is C29H35NO4. The molecule has 34 heavy (non-hydrogen) atoms. The van der Waals surface area contributed by atoms with Crippen molar-refractivity contribution in [2.45, 2.75) is 39.7 Å². The molecule has 0 radical (unpaired) electrons. The summed E-state index contributed by atoms with van der Waals surface area (Å²) < 4.78 is 17.1. The number of hydrogen-bond donors (Lipinski definition) is 1. The summed E-state index contributed by atoms with van der Waals surface area (Å²) in [7, 11) is 3.24. The van der Waals surface area contributed by atoms with Gasteiger partial charge < -0.3 is 19.3 Å². The number of methoxy groups -OCH3 is 2. The van der Waals surface area contributed by atoms with E-state index < -0.39 is 0 Å². The number of aromatic hydroxyl groups is 1.